The van der Waals surface area contributed by atoms with Crippen LogP contribution >= 0.6 is 0 Å². The number of benzene rings is 1. The highest BCUT2D eigenvalue weighted by Crippen LogP contribution is 2.34. The lowest BCUT2D eigenvalue weighted by Gasteiger charge is -2.25. The highest BCUT2D eigenvalue weighted by atomic mass is 19.1. The van der Waals surface area contributed by atoms with Gasteiger partial charge in [-0.25, -0.2) is 4.39 Å². The number of aromatic nitrogens is 2. The molecule has 1 unspecified atom stereocenters. The van der Waals surface area contributed by atoms with Gasteiger partial charge >= 0.3 is 0 Å². The fourth-order valence-corrected chi connectivity index (χ4v) is 2.40. The summed E-state index contributed by atoms with van der Waals surface area (Å²) in [6.07, 6.45) is 2.07. The van der Waals surface area contributed by atoms with Crippen molar-refractivity contribution in [2.24, 2.45) is 0 Å². The highest BCUT2D eigenvalue weighted by Gasteiger charge is 2.31. The number of rotatable bonds is 5. The highest BCUT2D eigenvalue weighted by molar-refractivity contribution is 5.39. The Morgan fingerprint density at radius 1 is 1.38 bits per heavy atom. The Morgan fingerprint density at radius 2 is 2.10 bits per heavy atom. The fraction of sp³-hybridized carbons (Fsp3) is 0.438. The van der Waals surface area contributed by atoms with Crippen LogP contribution in [0.1, 0.15) is 38.1 Å². The molecule has 0 bridgehead atoms. The summed E-state index contributed by atoms with van der Waals surface area (Å²) in [6, 6.07) is 6.59. The minimum absolute atomic E-state index is 0.159. The maximum Gasteiger partial charge on any atom is 0.133 e. The van der Waals surface area contributed by atoms with Gasteiger partial charge in [-0.05, 0) is 39.0 Å². The molecule has 1 heterocycles. The Bertz CT molecular complexity index is 620. The van der Waals surface area contributed by atoms with Crippen LogP contribution in [0.3, 0.4) is 0 Å². The molecule has 1 aromatic heterocycles. The first-order chi connectivity index (χ1) is 9.85. The molecule has 0 aliphatic heterocycles. The molecule has 21 heavy (non-hydrogen) atoms. The number of aliphatic hydroxyl groups is 1. The molecule has 0 saturated heterocycles. The van der Waals surface area contributed by atoms with Crippen molar-refractivity contribution in [3.8, 4) is 5.75 Å². The lowest BCUT2D eigenvalue weighted by molar-refractivity contribution is 0.0498. The first-order valence-corrected chi connectivity index (χ1v) is 6.94. The number of ether oxygens (including phenoxy) is 1. The molecule has 4 nitrogen and oxygen atoms in total. The van der Waals surface area contributed by atoms with Crippen LogP contribution in [0.15, 0.2) is 30.5 Å². The topological polar surface area (TPSA) is 47.3 Å². The second-order valence-corrected chi connectivity index (χ2v) is 5.65. The summed E-state index contributed by atoms with van der Waals surface area (Å²) >= 11 is 0. The molecule has 1 atom stereocenters. The van der Waals surface area contributed by atoms with E-state index in [1.807, 2.05) is 30.8 Å². The third-order valence-electron chi connectivity index (χ3n) is 3.45. The quantitative estimate of drug-likeness (QED) is 0.921. The van der Waals surface area contributed by atoms with Gasteiger partial charge in [0.05, 0.1) is 24.0 Å². The van der Waals surface area contributed by atoms with Gasteiger partial charge in [0.1, 0.15) is 11.6 Å². The zero-order valence-corrected chi connectivity index (χ0v) is 12.8. The van der Waals surface area contributed by atoms with Crippen molar-refractivity contribution in [2.75, 3.05) is 7.11 Å². The lowest BCUT2D eigenvalue weighted by atomic mass is 9.90. The molecular formula is C16H21FN2O2. The molecule has 0 radical (unpaired) electrons. The summed E-state index contributed by atoms with van der Waals surface area (Å²) in [5, 5.41) is 15.1. The molecule has 0 amide bonds. The average Bonchev–Trinajstić information content (AvgIpc) is 2.85. The first kappa shape index (κ1) is 15.5. The van der Waals surface area contributed by atoms with Crippen LogP contribution in [0.5, 0.6) is 5.75 Å². The number of hydrogen-bond acceptors (Lipinski definition) is 3. The maximum atomic E-state index is 14.1. The lowest BCUT2D eigenvalue weighted by Crippen LogP contribution is -2.27. The van der Waals surface area contributed by atoms with E-state index in [1.165, 1.54) is 13.2 Å². The third-order valence-corrected chi connectivity index (χ3v) is 3.45. The van der Waals surface area contributed by atoms with Crippen LogP contribution in [0.2, 0.25) is 0 Å². The third kappa shape index (κ3) is 3.24. The minimum atomic E-state index is -1.40. The molecule has 0 fully saturated rings. The van der Waals surface area contributed by atoms with Crippen LogP contribution in [0.4, 0.5) is 4.39 Å². The Morgan fingerprint density at radius 3 is 2.67 bits per heavy atom. The first-order valence-electron chi connectivity index (χ1n) is 6.94. The predicted octanol–water partition coefficient (Wildman–Crippen LogP) is 3.06. The predicted molar refractivity (Wildman–Crippen MR) is 78.8 cm³/mol. The van der Waals surface area contributed by atoms with Crippen LogP contribution in [0.25, 0.3) is 0 Å². The Balaban J connectivity index is 2.33. The van der Waals surface area contributed by atoms with E-state index in [9.17, 15) is 9.50 Å². The second-order valence-electron chi connectivity index (χ2n) is 5.65. The van der Waals surface area contributed by atoms with E-state index in [1.54, 1.807) is 19.1 Å². The summed E-state index contributed by atoms with van der Waals surface area (Å²) < 4.78 is 21.1. The summed E-state index contributed by atoms with van der Waals surface area (Å²) in [5.74, 6) is -0.147. The smallest absolute Gasteiger partial charge is 0.133 e. The standard InChI is InChI=1S/C16H21FN2O2/c1-11(2)19-9-8-12(18-19)10-16(3,20)15-13(17)6-5-7-14(15)21-4/h5-9,11,20H,10H2,1-4H3. The summed E-state index contributed by atoms with van der Waals surface area (Å²) in [6.45, 7) is 5.62. The van der Waals surface area contributed by atoms with Gasteiger partial charge in [-0.3, -0.25) is 4.68 Å². The molecule has 1 aromatic carbocycles. The maximum absolute atomic E-state index is 14.1. The summed E-state index contributed by atoms with van der Waals surface area (Å²) in [4.78, 5) is 0. The molecule has 0 aliphatic rings. The molecule has 1 N–H and O–H groups in total. The fourth-order valence-electron chi connectivity index (χ4n) is 2.40. The van der Waals surface area contributed by atoms with Crippen LogP contribution in [0, 0.1) is 5.82 Å². The summed E-state index contributed by atoms with van der Waals surface area (Å²) in [7, 11) is 1.46. The van der Waals surface area contributed by atoms with Gasteiger partial charge in [-0.1, -0.05) is 6.07 Å². The largest absolute Gasteiger partial charge is 0.496 e. The number of nitrogens with zero attached hydrogens (tertiary/aromatic N) is 2. The van der Waals surface area contributed by atoms with Gasteiger partial charge in [-0.15, -0.1) is 0 Å². The molecule has 5 heteroatoms. The molecule has 0 saturated carbocycles. The van der Waals surface area contributed by atoms with E-state index in [-0.39, 0.29) is 18.0 Å². The van der Waals surface area contributed by atoms with Gasteiger partial charge in [0.15, 0.2) is 0 Å². The van der Waals surface area contributed by atoms with E-state index in [0.717, 1.165) is 0 Å². The van der Waals surface area contributed by atoms with Crippen molar-refractivity contribution < 1.29 is 14.2 Å². The molecule has 2 aromatic rings. The van der Waals surface area contributed by atoms with Gasteiger partial charge in [0.2, 0.25) is 0 Å². The van der Waals surface area contributed by atoms with Gasteiger partial charge < -0.3 is 9.84 Å². The van der Waals surface area contributed by atoms with E-state index in [2.05, 4.69) is 5.10 Å². The SMILES string of the molecule is COc1cccc(F)c1C(C)(O)Cc1ccn(C(C)C)n1. The summed E-state index contributed by atoms with van der Waals surface area (Å²) in [5.41, 5.74) is -0.530. The van der Waals surface area contributed by atoms with E-state index in [0.29, 0.717) is 11.4 Å². The zero-order chi connectivity index (χ0) is 15.6. The average molecular weight is 292 g/mol. The number of halogens is 1. The van der Waals surface area contributed by atoms with Crippen LogP contribution in [-0.4, -0.2) is 22.0 Å². The normalized spacial score (nSPS) is 14.2. The molecule has 0 spiro atoms. The van der Waals surface area contributed by atoms with E-state index >= 15 is 0 Å². The van der Waals surface area contributed by atoms with Crippen molar-refractivity contribution in [1.29, 1.82) is 0 Å². The van der Waals surface area contributed by atoms with Crippen molar-refractivity contribution in [2.45, 2.75) is 38.8 Å². The van der Waals surface area contributed by atoms with Gasteiger partial charge in [0.25, 0.3) is 0 Å². The number of methoxy groups -OCH3 is 1. The number of hydrogen-bond donors (Lipinski definition) is 1. The van der Waals surface area contributed by atoms with Crippen LogP contribution < -0.4 is 4.74 Å². The van der Waals surface area contributed by atoms with Crippen LogP contribution in [-0.2, 0) is 12.0 Å². The van der Waals surface area contributed by atoms with Crippen molar-refractivity contribution in [3.05, 3.63) is 47.5 Å². The van der Waals surface area contributed by atoms with Gasteiger partial charge in [0, 0.05) is 18.7 Å². The monoisotopic (exact) mass is 292 g/mol. The molecule has 0 aliphatic carbocycles. The second kappa shape index (κ2) is 5.85. The molecular weight excluding hydrogens is 271 g/mol. The Hall–Kier alpha value is -1.88. The van der Waals surface area contributed by atoms with Crippen molar-refractivity contribution in [3.63, 3.8) is 0 Å². The van der Waals surface area contributed by atoms with E-state index < -0.39 is 11.4 Å². The van der Waals surface area contributed by atoms with Gasteiger partial charge in [-0.2, -0.15) is 5.10 Å². The minimum Gasteiger partial charge on any atom is -0.496 e. The van der Waals surface area contributed by atoms with E-state index in [4.69, 9.17) is 4.74 Å². The van der Waals surface area contributed by atoms with Crippen molar-refractivity contribution in [1.82, 2.24) is 9.78 Å². The van der Waals surface area contributed by atoms with Crippen molar-refractivity contribution >= 4 is 0 Å². The molecule has 2 rings (SSSR count). The molecule has 114 valence electrons. The Labute approximate surface area is 124 Å². The zero-order valence-electron chi connectivity index (χ0n) is 12.8. The Kier molecular flexibility index (Phi) is 4.32.